The molecule has 1 aromatic carbocycles. The molecule has 2 rings (SSSR count). The molecule has 0 aliphatic carbocycles. The van der Waals surface area contributed by atoms with Crippen LogP contribution in [0.25, 0.3) is 0 Å². The highest BCUT2D eigenvalue weighted by molar-refractivity contribution is 6.43. The van der Waals surface area contributed by atoms with Crippen molar-refractivity contribution in [2.75, 3.05) is 32.4 Å². The van der Waals surface area contributed by atoms with Crippen LogP contribution in [-0.2, 0) is 0 Å². The number of hydrogen-bond acceptors (Lipinski definition) is 3. The molecular weight excluding hydrogens is 297 g/mol. The van der Waals surface area contributed by atoms with Crippen LogP contribution in [0.15, 0.2) is 12.1 Å². The van der Waals surface area contributed by atoms with Gasteiger partial charge in [-0.15, -0.1) is 0 Å². The Bertz CT molecular complexity index is 484. The van der Waals surface area contributed by atoms with Crippen molar-refractivity contribution < 1.29 is 4.79 Å². The minimum atomic E-state index is -0.163. The van der Waals surface area contributed by atoms with E-state index in [1.807, 2.05) is 0 Å². The summed E-state index contributed by atoms with van der Waals surface area (Å²) in [5.41, 5.74) is 6.48. The van der Waals surface area contributed by atoms with Crippen molar-refractivity contribution in [3.8, 4) is 0 Å². The highest BCUT2D eigenvalue weighted by Crippen LogP contribution is 2.29. The van der Waals surface area contributed by atoms with Crippen molar-refractivity contribution in [3.63, 3.8) is 0 Å². The molecule has 20 heavy (non-hydrogen) atoms. The number of halogens is 2. The lowest BCUT2D eigenvalue weighted by molar-refractivity contribution is 0.0937. The number of likely N-dealkylation sites (tertiary alicyclic amines) is 1. The zero-order valence-electron chi connectivity index (χ0n) is 11.5. The summed E-state index contributed by atoms with van der Waals surface area (Å²) >= 11 is 11.8. The van der Waals surface area contributed by atoms with Gasteiger partial charge in [-0.05, 0) is 44.5 Å². The Labute approximate surface area is 129 Å². The van der Waals surface area contributed by atoms with Crippen molar-refractivity contribution in [2.24, 2.45) is 5.92 Å². The third-order valence-corrected chi connectivity index (χ3v) is 4.41. The smallest absolute Gasteiger partial charge is 0.251 e. The molecule has 1 unspecified atom stereocenters. The Morgan fingerprint density at radius 2 is 2.25 bits per heavy atom. The van der Waals surface area contributed by atoms with Gasteiger partial charge in [0.05, 0.1) is 15.7 Å². The van der Waals surface area contributed by atoms with Crippen LogP contribution < -0.4 is 11.1 Å². The van der Waals surface area contributed by atoms with Gasteiger partial charge < -0.3 is 16.0 Å². The normalized spacial score (nSPS) is 19.9. The molecule has 1 aliphatic heterocycles. The predicted octanol–water partition coefficient (Wildman–Crippen LogP) is 2.65. The zero-order valence-corrected chi connectivity index (χ0v) is 13.0. The number of anilines is 1. The SMILES string of the molecule is CN1CCCC(CNC(=O)c2cc(N)c(Cl)c(Cl)c2)C1. The van der Waals surface area contributed by atoms with Crippen molar-refractivity contribution >= 4 is 34.8 Å². The minimum absolute atomic E-state index is 0.163. The molecule has 1 aliphatic rings. The van der Waals surface area contributed by atoms with Gasteiger partial charge in [0.1, 0.15) is 0 Å². The summed E-state index contributed by atoms with van der Waals surface area (Å²) < 4.78 is 0. The second kappa shape index (κ2) is 6.66. The van der Waals surface area contributed by atoms with E-state index in [0.29, 0.717) is 28.7 Å². The van der Waals surface area contributed by atoms with Crippen molar-refractivity contribution in [1.29, 1.82) is 0 Å². The second-order valence-corrected chi connectivity index (χ2v) is 6.13. The maximum Gasteiger partial charge on any atom is 0.251 e. The topological polar surface area (TPSA) is 58.4 Å². The third kappa shape index (κ3) is 3.78. The van der Waals surface area contributed by atoms with Crippen LogP contribution in [0.5, 0.6) is 0 Å². The Hall–Kier alpha value is -0.970. The molecule has 0 radical (unpaired) electrons. The Kier molecular flexibility index (Phi) is 5.13. The molecule has 0 bridgehead atoms. The summed E-state index contributed by atoms with van der Waals surface area (Å²) in [7, 11) is 2.10. The molecule has 1 saturated heterocycles. The maximum absolute atomic E-state index is 12.1. The number of nitrogens with two attached hydrogens (primary N) is 1. The summed E-state index contributed by atoms with van der Waals surface area (Å²) in [4.78, 5) is 14.4. The summed E-state index contributed by atoms with van der Waals surface area (Å²) in [6.45, 7) is 2.82. The van der Waals surface area contributed by atoms with Gasteiger partial charge in [0.15, 0.2) is 0 Å². The quantitative estimate of drug-likeness (QED) is 0.843. The number of nitrogen functional groups attached to an aromatic ring is 1. The number of carbonyl (C=O) groups is 1. The summed E-state index contributed by atoms with van der Waals surface area (Å²) in [5, 5.41) is 3.53. The lowest BCUT2D eigenvalue weighted by atomic mass is 9.98. The summed E-state index contributed by atoms with van der Waals surface area (Å²) in [5.74, 6) is 0.335. The van der Waals surface area contributed by atoms with Gasteiger partial charge >= 0.3 is 0 Å². The molecule has 3 N–H and O–H groups in total. The van der Waals surface area contributed by atoms with Gasteiger partial charge in [-0.25, -0.2) is 0 Å². The van der Waals surface area contributed by atoms with Crippen LogP contribution in [0.2, 0.25) is 10.0 Å². The van der Waals surface area contributed by atoms with Crippen LogP contribution in [-0.4, -0.2) is 37.5 Å². The van der Waals surface area contributed by atoms with Gasteiger partial charge in [0, 0.05) is 18.7 Å². The highest BCUT2D eigenvalue weighted by atomic mass is 35.5. The lowest BCUT2D eigenvalue weighted by Gasteiger charge is -2.29. The van der Waals surface area contributed by atoms with E-state index in [2.05, 4.69) is 17.3 Å². The maximum atomic E-state index is 12.1. The van der Waals surface area contributed by atoms with E-state index in [1.165, 1.54) is 6.42 Å². The van der Waals surface area contributed by atoms with Gasteiger partial charge in [-0.1, -0.05) is 23.2 Å². The molecular formula is C14H19Cl2N3O. The van der Waals surface area contributed by atoms with Crippen LogP contribution >= 0.6 is 23.2 Å². The summed E-state index contributed by atoms with van der Waals surface area (Å²) in [6, 6.07) is 3.10. The fourth-order valence-electron chi connectivity index (χ4n) is 2.52. The number of nitrogens with one attached hydrogen (secondary N) is 1. The first-order chi connectivity index (χ1) is 9.47. The molecule has 0 saturated carbocycles. The van der Waals surface area contributed by atoms with Crippen molar-refractivity contribution in [2.45, 2.75) is 12.8 Å². The number of amides is 1. The molecule has 1 amide bonds. The van der Waals surface area contributed by atoms with Crippen LogP contribution in [0.1, 0.15) is 23.2 Å². The van der Waals surface area contributed by atoms with Gasteiger partial charge in [-0.3, -0.25) is 4.79 Å². The zero-order chi connectivity index (χ0) is 14.7. The van der Waals surface area contributed by atoms with Crippen molar-refractivity contribution in [3.05, 3.63) is 27.7 Å². The predicted molar refractivity (Wildman–Crippen MR) is 83.4 cm³/mol. The first-order valence-electron chi connectivity index (χ1n) is 6.68. The molecule has 1 aromatic rings. The first kappa shape index (κ1) is 15.4. The van der Waals surface area contributed by atoms with E-state index in [4.69, 9.17) is 28.9 Å². The third-order valence-electron chi connectivity index (χ3n) is 3.59. The fourth-order valence-corrected chi connectivity index (χ4v) is 2.86. The Balaban J connectivity index is 1.95. The highest BCUT2D eigenvalue weighted by Gasteiger charge is 2.18. The van der Waals surface area contributed by atoms with E-state index in [-0.39, 0.29) is 10.9 Å². The molecule has 1 atom stereocenters. The lowest BCUT2D eigenvalue weighted by Crippen LogP contribution is -2.39. The van der Waals surface area contributed by atoms with Crippen LogP contribution in [0.3, 0.4) is 0 Å². The molecule has 1 fully saturated rings. The van der Waals surface area contributed by atoms with Crippen LogP contribution in [0.4, 0.5) is 5.69 Å². The van der Waals surface area contributed by atoms with Crippen molar-refractivity contribution in [1.82, 2.24) is 10.2 Å². The van der Waals surface area contributed by atoms with Gasteiger partial charge in [0.2, 0.25) is 0 Å². The average Bonchev–Trinajstić information content (AvgIpc) is 2.41. The number of carbonyl (C=O) groups excluding carboxylic acids is 1. The Morgan fingerprint density at radius 1 is 1.50 bits per heavy atom. The van der Waals surface area contributed by atoms with Gasteiger partial charge in [-0.2, -0.15) is 0 Å². The molecule has 1 heterocycles. The number of rotatable bonds is 3. The minimum Gasteiger partial charge on any atom is -0.397 e. The van der Waals surface area contributed by atoms with E-state index < -0.39 is 0 Å². The molecule has 4 nitrogen and oxygen atoms in total. The molecule has 110 valence electrons. The first-order valence-corrected chi connectivity index (χ1v) is 7.44. The largest absolute Gasteiger partial charge is 0.397 e. The average molecular weight is 316 g/mol. The van der Waals surface area contributed by atoms with E-state index in [1.54, 1.807) is 12.1 Å². The number of hydrogen-bond donors (Lipinski definition) is 2. The van der Waals surface area contributed by atoms with E-state index >= 15 is 0 Å². The molecule has 0 spiro atoms. The molecule has 0 aromatic heterocycles. The monoisotopic (exact) mass is 315 g/mol. The standard InChI is InChI=1S/C14H19Cl2N3O/c1-19-4-2-3-9(8-19)7-18-14(20)10-5-11(15)13(16)12(17)6-10/h5-6,9H,2-4,7-8,17H2,1H3,(H,18,20). The summed E-state index contributed by atoms with van der Waals surface area (Å²) in [6.07, 6.45) is 2.32. The number of nitrogens with zero attached hydrogens (tertiary/aromatic N) is 1. The van der Waals surface area contributed by atoms with Gasteiger partial charge in [0.25, 0.3) is 5.91 Å². The van der Waals surface area contributed by atoms with Crippen LogP contribution in [0, 0.1) is 5.92 Å². The van der Waals surface area contributed by atoms with E-state index in [0.717, 1.165) is 19.5 Å². The fraction of sp³-hybridized carbons (Fsp3) is 0.500. The Morgan fingerprint density at radius 3 is 2.90 bits per heavy atom. The second-order valence-electron chi connectivity index (χ2n) is 5.34. The molecule has 6 heteroatoms. The number of benzene rings is 1. The number of piperidine rings is 1. The van der Waals surface area contributed by atoms with E-state index in [9.17, 15) is 4.79 Å².